The van der Waals surface area contributed by atoms with E-state index in [1.54, 1.807) is 12.1 Å². The third kappa shape index (κ3) is 4.57. The van der Waals surface area contributed by atoms with Crippen molar-refractivity contribution in [1.82, 2.24) is 5.43 Å². The van der Waals surface area contributed by atoms with Crippen molar-refractivity contribution in [2.75, 3.05) is 0 Å². The number of hydrogen-bond donors (Lipinski definition) is 2. The fourth-order valence-corrected chi connectivity index (χ4v) is 2.92. The summed E-state index contributed by atoms with van der Waals surface area (Å²) in [7, 11) is 0. The summed E-state index contributed by atoms with van der Waals surface area (Å²) in [6.07, 6.45) is -3.12. The van der Waals surface area contributed by atoms with Crippen molar-refractivity contribution in [1.29, 1.82) is 0 Å². The van der Waals surface area contributed by atoms with E-state index in [0.29, 0.717) is 14.5 Å². The van der Waals surface area contributed by atoms with Gasteiger partial charge >= 0.3 is 6.18 Å². The number of nitrogens with one attached hydrogen (secondary N) is 1. The van der Waals surface area contributed by atoms with E-state index in [1.165, 1.54) is 6.21 Å². The summed E-state index contributed by atoms with van der Waals surface area (Å²) in [4.78, 5) is 11.8. The van der Waals surface area contributed by atoms with E-state index in [2.05, 4.69) is 42.4 Å². The highest BCUT2D eigenvalue weighted by atomic mass is 79.9. The Hall–Kier alpha value is -1.87. The Balaban J connectivity index is 2.05. The van der Waals surface area contributed by atoms with Gasteiger partial charge in [-0.3, -0.25) is 4.79 Å². The number of rotatable bonds is 3. The molecule has 2 aromatic carbocycles. The Morgan fingerprint density at radius 3 is 2.17 bits per heavy atom. The molecule has 2 rings (SSSR count). The first kappa shape index (κ1) is 18.5. The molecule has 0 atom stereocenters. The van der Waals surface area contributed by atoms with E-state index in [-0.39, 0.29) is 11.3 Å². The average molecular weight is 466 g/mol. The summed E-state index contributed by atoms with van der Waals surface area (Å²) in [5, 5.41) is 13.3. The minimum absolute atomic E-state index is 0.0286. The van der Waals surface area contributed by atoms with Gasteiger partial charge in [0.25, 0.3) is 5.91 Å². The SMILES string of the molecule is O=C(N/N=C/c1cc(Br)c(O)c(Br)c1)c1ccc(C(F)(F)F)cc1. The predicted octanol–water partition coefficient (Wildman–Crippen LogP) is 4.70. The van der Waals surface area contributed by atoms with Crippen LogP contribution in [-0.4, -0.2) is 17.2 Å². The third-order valence-corrected chi connectivity index (χ3v) is 4.10. The molecule has 0 fully saturated rings. The molecule has 0 aliphatic carbocycles. The highest BCUT2D eigenvalue weighted by Crippen LogP contribution is 2.32. The minimum Gasteiger partial charge on any atom is -0.506 e. The Bertz CT molecular complexity index is 767. The van der Waals surface area contributed by atoms with E-state index in [1.807, 2.05) is 0 Å². The maximum atomic E-state index is 12.5. The fraction of sp³-hybridized carbons (Fsp3) is 0.0667. The third-order valence-electron chi connectivity index (χ3n) is 2.89. The molecule has 9 heteroatoms. The van der Waals surface area contributed by atoms with E-state index in [4.69, 9.17) is 0 Å². The van der Waals surface area contributed by atoms with Crippen LogP contribution in [0.1, 0.15) is 21.5 Å². The van der Waals surface area contributed by atoms with Gasteiger partial charge in [-0.25, -0.2) is 5.43 Å². The lowest BCUT2D eigenvalue weighted by Gasteiger charge is -2.06. The number of phenols is 1. The summed E-state index contributed by atoms with van der Waals surface area (Å²) in [5.74, 6) is -0.613. The van der Waals surface area contributed by atoms with E-state index < -0.39 is 17.6 Å². The molecule has 0 saturated heterocycles. The topological polar surface area (TPSA) is 61.7 Å². The second-order valence-corrected chi connectivity index (χ2v) is 6.32. The van der Waals surface area contributed by atoms with Gasteiger partial charge in [-0.1, -0.05) is 0 Å². The first-order valence-corrected chi connectivity index (χ1v) is 7.96. The van der Waals surface area contributed by atoms with Crippen LogP contribution in [0.3, 0.4) is 0 Å². The highest BCUT2D eigenvalue weighted by Gasteiger charge is 2.30. The quantitative estimate of drug-likeness (QED) is 0.509. The maximum absolute atomic E-state index is 12.5. The van der Waals surface area contributed by atoms with Crippen LogP contribution in [0.5, 0.6) is 5.75 Å². The van der Waals surface area contributed by atoms with E-state index >= 15 is 0 Å². The molecule has 1 amide bonds. The van der Waals surface area contributed by atoms with Crippen molar-refractivity contribution < 1.29 is 23.1 Å². The van der Waals surface area contributed by atoms with Crippen molar-refractivity contribution in [3.05, 3.63) is 62.0 Å². The lowest BCUT2D eigenvalue weighted by Crippen LogP contribution is -2.18. The molecule has 0 aromatic heterocycles. The largest absolute Gasteiger partial charge is 0.506 e. The lowest BCUT2D eigenvalue weighted by atomic mass is 10.1. The Labute approximate surface area is 151 Å². The number of carbonyl (C=O) groups excluding carboxylic acids is 1. The zero-order valence-electron chi connectivity index (χ0n) is 11.7. The monoisotopic (exact) mass is 464 g/mol. The lowest BCUT2D eigenvalue weighted by molar-refractivity contribution is -0.137. The average Bonchev–Trinajstić information content (AvgIpc) is 2.51. The number of benzene rings is 2. The van der Waals surface area contributed by atoms with Gasteiger partial charge in [-0.15, -0.1) is 0 Å². The van der Waals surface area contributed by atoms with Crippen LogP contribution in [0.2, 0.25) is 0 Å². The van der Waals surface area contributed by atoms with Crippen molar-refractivity contribution in [2.24, 2.45) is 5.10 Å². The summed E-state index contributed by atoms with van der Waals surface area (Å²) in [6, 6.07) is 6.95. The number of carbonyl (C=O) groups is 1. The van der Waals surface area contributed by atoms with Crippen LogP contribution in [0.25, 0.3) is 0 Å². The minimum atomic E-state index is -4.45. The van der Waals surface area contributed by atoms with E-state index in [9.17, 15) is 23.1 Å². The smallest absolute Gasteiger partial charge is 0.416 e. The van der Waals surface area contributed by atoms with Crippen LogP contribution in [0.4, 0.5) is 13.2 Å². The predicted molar refractivity (Wildman–Crippen MR) is 90.0 cm³/mol. The van der Waals surface area contributed by atoms with Crippen LogP contribution < -0.4 is 5.43 Å². The Morgan fingerprint density at radius 1 is 1.12 bits per heavy atom. The molecule has 0 aliphatic rings. The Kier molecular flexibility index (Phi) is 5.66. The van der Waals surface area contributed by atoms with E-state index in [0.717, 1.165) is 24.3 Å². The molecule has 0 heterocycles. The molecular weight excluding hydrogens is 457 g/mol. The molecule has 24 heavy (non-hydrogen) atoms. The van der Waals surface area contributed by atoms with Gasteiger partial charge < -0.3 is 5.11 Å². The number of aromatic hydroxyl groups is 1. The van der Waals surface area contributed by atoms with Gasteiger partial charge in [0.1, 0.15) is 5.75 Å². The molecule has 0 bridgehead atoms. The van der Waals surface area contributed by atoms with Gasteiger partial charge in [0, 0.05) is 5.56 Å². The number of nitrogens with zero attached hydrogens (tertiary/aromatic N) is 1. The van der Waals surface area contributed by atoms with Crippen molar-refractivity contribution in [3.8, 4) is 5.75 Å². The first-order valence-electron chi connectivity index (χ1n) is 6.37. The van der Waals surface area contributed by atoms with Gasteiger partial charge in [0.05, 0.1) is 20.7 Å². The number of alkyl halides is 3. The summed E-state index contributed by atoms with van der Waals surface area (Å²) >= 11 is 6.31. The number of hydrogen-bond acceptors (Lipinski definition) is 3. The fourth-order valence-electron chi connectivity index (χ4n) is 1.70. The normalized spacial score (nSPS) is 11.7. The van der Waals surface area contributed by atoms with Gasteiger partial charge in [0.2, 0.25) is 0 Å². The number of halogens is 5. The van der Waals surface area contributed by atoms with Crippen molar-refractivity contribution >= 4 is 44.0 Å². The van der Waals surface area contributed by atoms with Crippen LogP contribution in [0.15, 0.2) is 50.4 Å². The maximum Gasteiger partial charge on any atom is 0.416 e. The number of phenolic OH excluding ortho intramolecular Hbond substituents is 1. The van der Waals surface area contributed by atoms with Crippen LogP contribution in [-0.2, 0) is 6.18 Å². The molecule has 0 saturated carbocycles. The molecule has 4 nitrogen and oxygen atoms in total. The molecule has 0 unspecified atom stereocenters. The second kappa shape index (κ2) is 7.35. The van der Waals surface area contributed by atoms with Gasteiger partial charge in [0.15, 0.2) is 0 Å². The summed E-state index contributed by atoms with van der Waals surface area (Å²) < 4.78 is 38.2. The molecule has 2 aromatic rings. The first-order chi connectivity index (χ1) is 11.2. The molecule has 2 N–H and O–H groups in total. The molecule has 0 radical (unpaired) electrons. The van der Waals surface area contributed by atoms with Crippen LogP contribution in [0, 0.1) is 0 Å². The van der Waals surface area contributed by atoms with Crippen LogP contribution >= 0.6 is 31.9 Å². The van der Waals surface area contributed by atoms with Crippen molar-refractivity contribution in [3.63, 3.8) is 0 Å². The molecule has 0 aliphatic heterocycles. The summed E-state index contributed by atoms with van der Waals surface area (Å²) in [6.45, 7) is 0. The zero-order valence-corrected chi connectivity index (χ0v) is 14.9. The number of hydrazone groups is 1. The Morgan fingerprint density at radius 2 is 1.67 bits per heavy atom. The molecular formula is C15H9Br2F3N2O2. The molecule has 0 spiro atoms. The van der Waals surface area contributed by atoms with Gasteiger partial charge in [-0.05, 0) is 73.8 Å². The highest BCUT2D eigenvalue weighted by molar-refractivity contribution is 9.11. The standard InChI is InChI=1S/C15H9Br2F3N2O2/c16-11-5-8(6-12(17)13(11)23)7-21-22-14(24)9-1-3-10(4-2-9)15(18,19)20/h1-7,23H,(H,22,24)/b21-7+. The zero-order chi connectivity index (χ0) is 17.9. The summed E-state index contributed by atoms with van der Waals surface area (Å²) in [5.41, 5.74) is 2.02. The van der Waals surface area contributed by atoms with Gasteiger partial charge in [-0.2, -0.15) is 18.3 Å². The van der Waals surface area contributed by atoms with Crippen molar-refractivity contribution in [2.45, 2.75) is 6.18 Å². The number of amides is 1. The second-order valence-electron chi connectivity index (χ2n) is 4.61. The molecule has 126 valence electrons.